The van der Waals surface area contributed by atoms with E-state index in [-0.39, 0.29) is 11.8 Å². The van der Waals surface area contributed by atoms with Gasteiger partial charge in [-0.05, 0) is 44.7 Å². The fourth-order valence-electron chi connectivity index (χ4n) is 2.28. The van der Waals surface area contributed by atoms with E-state index in [1.54, 1.807) is 11.3 Å². The van der Waals surface area contributed by atoms with Gasteiger partial charge in [-0.2, -0.15) is 5.26 Å². The first-order valence-corrected chi connectivity index (χ1v) is 9.28. The van der Waals surface area contributed by atoms with Crippen molar-refractivity contribution in [2.75, 3.05) is 5.75 Å². The number of nitrogens with one attached hydrogen (secondary N) is 1. The van der Waals surface area contributed by atoms with Crippen LogP contribution in [-0.2, 0) is 16.4 Å². The molecule has 0 amide bonds. The second-order valence-electron chi connectivity index (χ2n) is 5.60. The quantitative estimate of drug-likeness (QED) is 0.878. The largest absolute Gasteiger partial charge is 0.213 e. The van der Waals surface area contributed by atoms with Gasteiger partial charge in [-0.3, -0.25) is 0 Å². The second kappa shape index (κ2) is 5.47. The minimum absolute atomic E-state index is 0.0775. The lowest BCUT2D eigenvalue weighted by molar-refractivity contribution is 0.557. The molecule has 1 aliphatic rings. The summed E-state index contributed by atoms with van der Waals surface area (Å²) in [5.74, 6) is -0.0775. The summed E-state index contributed by atoms with van der Waals surface area (Å²) in [5, 5.41) is 9.00. The van der Waals surface area contributed by atoms with Crippen molar-refractivity contribution in [1.82, 2.24) is 4.72 Å². The van der Waals surface area contributed by atoms with Crippen LogP contribution >= 0.6 is 11.3 Å². The zero-order valence-corrected chi connectivity index (χ0v) is 13.7. The van der Waals surface area contributed by atoms with Crippen molar-refractivity contribution in [1.29, 1.82) is 5.26 Å². The molecule has 0 unspecified atom stereocenters. The molecule has 1 atom stereocenters. The van der Waals surface area contributed by atoms with Crippen LogP contribution in [0.25, 0.3) is 0 Å². The summed E-state index contributed by atoms with van der Waals surface area (Å²) in [6.45, 7) is 6.00. The highest BCUT2D eigenvalue weighted by Crippen LogP contribution is 2.46. The van der Waals surface area contributed by atoms with E-state index >= 15 is 0 Å². The van der Waals surface area contributed by atoms with Gasteiger partial charge in [-0.1, -0.05) is 6.92 Å². The van der Waals surface area contributed by atoms with E-state index in [4.69, 9.17) is 5.26 Å². The first-order chi connectivity index (χ1) is 9.31. The lowest BCUT2D eigenvalue weighted by Crippen LogP contribution is -2.32. The number of hydrogen-bond donors (Lipinski definition) is 1. The van der Waals surface area contributed by atoms with Gasteiger partial charge in [-0.25, -0.2) is 13.1 Å². The third-order valence-corrected chi connectivity index (χ3v) is 6.91. The molecule has 0 spiro atoms. The van der Waals surface area contributed by atoms with Crippen molar-refractivity contribution < 1.29 is 8.42 Å². The Morgan fingerprint density at radius 1 is 1.55 bits per heavy atom. The van der Waals surface area contributed by atoms with Gasteiger partial charge in [0.05, 0.1) is 23.3 Å². The molecule has 1 saturated carbocycles. The fourth-order valence-corrected chi connectivity index (χ4v) is 5.31. The number of rotatable bonds is 6. The zero-order chi connectivity index (χ0) is 15.0. The average Bonchev–Trinajstić information content (AvgIpc) is 3.02. The van der Waals surface area contributed by atoms with Crippen LogP contribution in [0.3, 0.4) is 0 Å². The third kappa shape index (κ3) is 3.40. The lowest BCUT2D eigenvalue weighted by atomic mass is 10.2. The number of sulfonamides is 1. The standard InChI is InChI=1S/C14H20N2O2S2/c1-4-12-10(2)7-13(19-12)11(3)16-20(17,18)9-14(8-15)5-6-14/h7,11,16H,4-6,9H2,1-3H3/t11-/m1/s1. The first-order valence-electron chi connectivity index (χ1n) is 6.81. The predicted molar refractivity (Wildman–Crippen MR) is 81.1 cm³/mol. The smallest absolute Gasteiger partial charge is 0.212 e. The maximum atomic E-state index is 12.1. The molecule has 6 heteroatoms. The maximum absolute atomic E-state index is 12.1. The highest BCUT2D eigenvalue weighted by Gasteiger charge is 2.47. The molecular formula is C14H20N2O2S2. The van der Waals surface area contributed by atoms with Crippen LogP contribution in [0.1, 0.15) is 48.0 Å². The molecule has 2 rings (SSSR count). The zero-order valence-electron chi connectivity index (χ0n) is 12.1. The van der Waals surface area contributed by atoms with Crippen molar-refractivity contribution >= 4 is 21.4 Å². The second-order valence-corrected chi connectivity index (χ2v) is 8.52. The molecule has 1 heterocycles. The molecule has 20 heavy (non-hydrogen) atoms. The SMILES string of the molecule is CCc1sc([C@@H](C)NS(=O)(=O)CC2(C#N)CC2)cc1C. The van der Waals surface area contributed by atoms with Gasteiger partial charge in [0, 0.05) is 9.75 Å². The molecule has 0 radical (unpaired) electrons. The first kappa shape index (κ1) is 15.5. The summed E-state index contributed by atoms with van der Waals surface area (Å²) in [6.07, 6.45) is 2.35. The highest BCUT2D eigenvalue weighted by atomic mass is 32.2. The summed E-state index contributed by atoms with van der Waals surface area (Å²) < 4.78 is 27.0. The van der Waals surface area contributed by atoms with E-state index in [2.05, 4.69) is 24.6 Å². The van der Waals surface area contributed by atoms with Gasteiger partial charge in [0.1, 0.15) is 0 Å². The van der Waals surface area contributed by atoms with Crippen molar-refractivity contribution in [2.24, 2.45) is 5.41 Å². The Hall–Kier alpha value is -0.900. The van der Waals surface area contributed by atoms with E-state index < -0.39 is 15.4 Å². The van der Waals surface area contributed by atoms with Crippen molar-refractivity contribution in [3.8, 4) is 6.07 Å². The third-order valence-electron chi connectivity index (χ3n) is 3.70. The molecule has 110 valence electrons. The minimum Gasteiger partial charge on any atom is -0.212 e. The van der Waals surface area contributed by atoms with Gasteiger partial charge >= 0.3 is 0 Å². The summed E-state index contributed by atoms with van der Waals surface area (Å²) in [7, 11) is -3.41. The van der Waals surface area contributed by atoms with E-state index in [1.807, 2.05) is 13.0 Å². The Labute approximate surface area is 124 Å². The molecule has 0 bridgehead atoms. The van der Waals surface area contributed by atoms with Crippen LogP contribution < -0.4 is 4.72 Å². The molecular weight excluding hydrogens is 292 g/mol. The summed E-state index contributed by atoms with van der Waals surface area (Å²) in [4.78, 5) is 2.33. The number of hydrogen-bond acceptors (Lipinski definition) is 4. The fraction of sp³-hybridized carbons (Fsp3) is 0.643. The van der Waals surface area contributed by atoms with Crippen LogP contribution in [0.5, 0.6) is 0 Å². The monoisotopic (exact) mass is 312 g/mol. The Morgan fingerprint density at radius 3 is 2.65 bits per heavy atom. The molecule has 1 aromatic heterocycles. The highest BCUT2D eigenvalue weighted by molar-refractivity contribution is 7.89. The van der Waals surface area contributed by atoms with E-state index in [1.165, 1.54) is 10.4 Å². The van der Waals surface area contributed by atoms with Crippen LogP contribution in [-0.4, -0.2) is 14.2 Å². The molecule has 1 aliphatic carbocycles. The summed E-state index contributed by atoms with van der Waals surface area (Å²) >= 11 is 1.66. The number of aryl methyl sites for hydroxylation is 2. The van der Waals surface area contributed by atoms with Crippen LogP contribution in [0.4, 0.5) is 0 Å². The van der Waals surface area contributed by atoms with Gasteiger partial charge in [0.2, 0.25) is 10.0 Å². The molecule has 1 N–H and O–H groups in total. The van der Waals surface area contributed by atoms with Crippen molar-refractivity contribution in [3.63, 3.8) is 0 Å². The Balaban J connectivity index is 2.06. The molecule has 0 aliphatic heterocycles. The summed E-state index contributed by atoms with van der Waals surface area (Å²) in [5.41, 5.74) is 0.583. The van der Waals surface area contributed by atoms with Crippen LogP contribution in [0, 0.1) is 23.7 Å². The Bertz CT molecular complexity index is 637. The van der Waals surface area contributed by atoms with E-state index in [0.717, 1.165) is 11.3 Å². The number of thiophene rings is 1. The van der Waals surface area contributed by atoms with Crippen LogP contribution in [0.15, 0.2) is 6.07 Å². The number of nitriles is 1. The number of nitrogens with zero attached hydrogens (tertiary/aromatic N) is 1. The Kier molecular flexibility index (Phi) is 4.24. The predicted octanol–water partition coefficient (Wildman–Crippen LogP) is 2.90. The van der Waals surface area contributed by atoms with Gasteiger partial charge in [0.15, 0.2) is 0 Å². The molecule has 4 nitrogen and oxygen atoms in total. The minimum atomic E-state index is -3.41. The lowest BCUT2D eigenvalue weighted by Gasteiger charge is -2.14. The average molecular weight is 312 g/mol. The van der Waals surface area contributed by atoms with Gasteiger partial charge in [0.25, 0.3) is 0 Å². The van der Waals surface area contributed by atoms with Crippen molar-refractivity contribution in [2.45, 2.75) is 46.1 Å². The van der Waals surface area contributed by atoms with Crippen LogP contribution in [0.2, 0.25) is 0 Å². The summed E-state index contributed by atoms with van der Waals surface area (Å²) in [6, 6.07) is 3.94. The molecule has 1 aromatic rings. The molecule has 0 saturated heterocycles. The normalized spacial score (nSPS) is 18.5. The maximum Gasteiger partial charge on any atom is 0.213 e. The van der Waals surface area contributed by atoms with E-state index in [9.17, 15) is 8.42 Å². The topological polar surface area (TPSA) is 70.0 Å². The van der Waals surface area contributed by atoms with Gasteiger partial charge in [-0.15, -0.1) is 11.3 Å². The Morgan fingerprint density at radius 2 is 2.20 bits per heavy atom. The van der Waals surface area contributed by atoms with Gasteiger partial charge < -0.3 is 0 Å². The molecule has 1 fully saturated rings. The van der Waals surface area contributed by atoms with Crippen molar-refractivity contribution in [3.05, 3.63) is 21.4 Å². The molecule has 0 aromatic carbocycles. The van der Waals surface area contributed by atoms with E-state index in [0.29, 0.717) is 12.8 Å².